The third-order valence-corrected chi connectivity index (χ3v) is 5.84. The molecule has 1 amide bonds. The summed E-state index contributed by atoms with van der Waals surface area (Å²) in [4.78, 5) is 33.3. The maximum Gasteiger partial charge on any atom is 0.312 e. The van der Waals surface area contributed by atoms with Crippen molar-refractivity contribution in [1.82, 2.24) is 14.5 Å². The standard InChI is InChI=1S/C29H30N4O5/c1-7-25(34)32-21-10-19(11-22(14-21)36-5)20-12-23-24(18-8-9-30-26(13-18)37-6)16-33(27(23)31-15-20)17-38-28(35)29(2,3)4/h7-16H,1,17H2,2-6H3,(H,32,34). The fraction of sp³-hybridized carbons (Fsp3) is 0.241. The molecule has 3 aromatic heterocycles. The maximum atomic E-state index is 12.4. The molecule has 4 rings (SSSR count). The zero-order valence-electron chi connectivity index (χ0n) is 22.1. The molecule has 3 heterocycles. The molecule has 0 saturated carbocycles. The van der Waals surface area contributed by atoms with Crippen molar-refractivity contribution in [1.29, 1.82) is 0 Å². The van der Waals surface area contributed by atoms with Gasteiger partial charge in [0.15, 0.2) is 6.73 Å². The number of rotatable bonds is 8. The second kappa shape index (κ2) is 10.8. The number of benzene rings is 1. The summed E-state index contributed by atoms with van der Waals surface area (Å²) in [5.74, 6) is 0.414. The van der Waals surface area contributed by atoms with Crippen molar-refractivity contribution >= 4 is 28.6 Å². The summed E-state index contributed by atoms with van der Waals surface area (Å²) in [6.07, 6.45) is 6.50. The number of pyridine rings is 2. The lowest BCUT2D eigenvalue weighted by molar-refractivity contribution is -0.156. The first-order valence-electron chi connectivity index (χ1n) is 11.9. The van der Waals surface area contributed by atoms with Gasteiger partial charge in [0.2, 0.25) is 11.8 Å². The number of hydrogen-bond donors (Lipinski definition) is 1. The number of methoxy groups -OCH3 is 2. The van der Waals surface area contributed by atoms with Gasteiger partial charge < -0.3 is 19.5 Å². The molecule has 0 fully saturated rings. The Morgan fingerprint density at radius 2 is 1.82 bits per heavy atom. The van der Waals surface area contributed by atoms with Crippen LogP contribution in [0.15, 0.2) is 67.6 Å². The lowest BCUT2D eigenvalue weighted by Gasteiger charge is -2.17. The summed E-state index contributed by atoms with van der Waals surface area (Å²) in [5.41, 5.74) is 3.91. The first kappa shape index (κ1) is 26.4. The molecule has 0 unspecified atom stereocenters. The van der Waals surface area contributed by atoms with Crippen LogP contribution in [0.25, 0.3) is 33.3 Å². The predicted octanol–water partition coefficient (Wildman–Crippen LogP) is 5.45. The summed E-state index contributed by atoms with van der Waals surface area (Å²) in [7, 11) is 3.13. The van der Waals surface area contributed by atoms with E-state index in [1.807, 2.05) is 57.3 Å². The topological polar surface area (TPSA) is 105 Å². The highest BCUT2D eigenvalue weighted by atomic mass is 16.5. The average molecular weight is 515 g/mol. The molecule has 0 saturated heterocycles. The number of amides is 1. The summed E-state index contributed by atoms with van der Waals surface area (Å²) >= 11 is 0. The van der Waals surface area contributed by atoms with E-state index in [0.29, 0.717) is 23.0 Å². The van der Waals surface area contributed by atoms with Crippen molar-refractivity contribution in [2.75, 3.05) is 19.5 Å². The smallest absolute Gasteiger partial charge is 0.312 e. The highest BCUT2D eigenvalue weighted by molar-refractivity contribution is 6.00. The van der Waals surface area contributed by atoms with Crippen molar-refractivity contribution in [2.24, 2.45) is 5.41 Å². The van der Waals surface area contributed by atoms with Gasteiger partial charge in [0, 0.05) is 52.9 Å². The number of aromatic nitrogens is 3. The number of anilines is 1. The molecule has 1 aromatic carbocycles. The van der Waals surface area contributed by atoms with E-state index in [4.69, 9.17) is 19.2 Å². The van der Waals surface area contributed by atoms with Crippen LogP contribution in [0, 0.1) is 5.41 Å². The highest BCUT2D eigenvalue weighted by Gasteiger charge is 2.24. The van der Waals surface area contributed by atoms with Gasteiger partial charge in [-0.15, -0.1) is 0 Å². The van der Waals surface area contributed by atoms with Gasteiger partial charge in [0.1, 0.15) is 11.4 Å². The minimum absolute atomic E-state index is 0.0120. The Labute approximate surface area is 221 Å². The first-order chi connectivity index (χ1) is 18.1. The van der Waals surface area contributed by atoms with E-state index in [9.17, 15) is 9.59 Å². The van der Waals surface area contributed by atoms with Gasteiger partial charge >= 0.3 is 5.97 Å². The van der Waals surface area contributed by atoms with Crippen LogP contribution in [0.4, 0.5) is 5.69 Å². The van der Waals surface area contributed by atoms with Gasteiger partial charge in [-0.1, -0.05) is 6.58 Å². The molecular weight excluding hydrogens is 484 g/mol. The Kier molecular flexibility index (Phi) is 7.47. The molecule has 4 aromatic rings. The average Bonchev–Trinajstić information content (AvgIpc) is 3.28. The van der Waals surface area contributed by atoms with Crippen molar-refractivity contribution in [3.63, 3.8) is 0 Å². The van der Waals surface area contributed by atoms with Crippen LogP contribution in [0.2, 0.25) is 0 Å². The van der Waals surface area contributed by atoms with E-state index in [-0.39, 0.29) is 18.6 Å². The van der Waals surface area contributed by atoms with Crippen molar-refractivity contribution in [3.05, 3.63) is 67.6 Å². The van der Waals surface area contributed by atoms with Crippen LogP contribution in [-0.4, -0.2) is 40.6 Å². The SMILES string of the molecule is C=CC(=O)Nc1cc(OC)cc(-c2cnc3c(c2)c(-c2ccnc(OC)c2)cn3COC(=O)C(C)(C)C)c1. The number of nitrogens with one attached hydrogen (secondary N) is 1. The molecule has 0 spiro atoms. The first-order valence-corrected chi connectivity index (χ1v) is 11.9. The van der Waals surface area contributed by atoms with E-state index >= 15 is 0 Å². The lowest BCUT2D eigenvalue weighted by atomic mass is 9.98. The monoisotopic (exact) mass is 514 g/mol. The van der Waals surface area contributed by atoms with Crippen LogP contribution in [0.3, 0.4) is 0 Å². The zero-order chi connectivity index (χ0) is 27.4. The van der Waals surface area contributed by atoms with E-state index in [1.54, 1.807) is 37.2 Å². The van der Waals surface area contributed by atoms with E-state index in [2.05, 4.69) is 16.9 Å². The molecule has 0 aliphatic carbocycles. The third-order valence-electron chi connectivity index (χ3n) is 5.84. The van der Waals surface area contributed by atoms with Crippen LogP contribution < -0.4 is 14.8 Å². The molecule has 0 aliphatic heterocycles. The Hall–Kier alpha value is -4.66. The summed E-state index contributed by atoms with van der Waals surface area (Å²) < 4.78 is 18.2. The van der Waals surface area contributed by atoms with Crippen LogP contribution in [0.5, 0.6) is 11.6 Å². The van der Waals surface area contributed by atoms with Crippen molar-refractivity contribution in [3.8, 4) is 33.9 Å². The summed E-state index contributed by atoms with van der Waals surface area (Å²) in [5, 5.41) is 3.61. The van der Waals surface area contributed by atoms with Gasteiger partial charge in [-0.3, -0.25) is 14.2 Å². The van der Waals surface area contributed by atoms with Gasteiger partial charge in [-0.2, -0.15) is 0 Å². The number of carbonyl (C=O) groups excluding carboxylic acids is 2. The number of nitrogens with zero attached hydrogens (tertiary/aromatic N) is 3. The molecule has 0 atom stereocenters. The van der Waals surface area contributed by atoms with E-state index in [0.717, 1.165) is 27.6 Å². The number of fused-ring (bicyclic) bond motifs is 1. The molecule has 0 bridgehead atoms. The Bertz CT molecular complexity index is 1520. The molecule has 196 valence electrons. The van der Waals surface area contributed by atoms with E-state index in [1.165, 1.54) is 6.08 Å². The van der Waals surface area contributed by atoms with Crippen LogP contribution >= 0.6 is 0 Å². The third kappa shape index (κ3) is 5.67. The number of esters is 1. The molecule has 0 aliphatic rings. The Balaban J connectivity index is 1.84. The van der Waals surface area contributed by atoms with Gasteiger partial charge in [0.25, 0.3) is 0 Å². The Morgan fingerprint density at radius 1 is 1.03 bits per heavy atom. The van der Waals surface area contributed by atoms with Crippen molar-refractivity contribution < 1.29 is 23.8 Å². The number of hydrogen-bond acceptors (Lipinski definition) is 7. The molecular formula is C29H30N4O5. The maximum absolute atomic E-state index is 12.4. The zero-order valence-corrected chi connectivity index (χ0v) is 22.1. The molecule has 38 heavy (non-hydrogen) atoms. The minimum atomic E-state index is -0.629. The molecule has 1 N–H and O–H groups in total. The molecule has 9 nitrogen and oxygen atoms in total. The minimum Gasteiger partial charge on any atom is -0.497 e. The lowest BCUT2D eigenvalue weighted by Crippen LogP contribution is -2.23. The largest absolute Gasteiger partial charge is 0.497 e. The van der Waals surface area contributed by atoms with Gasteiger partial charge in [0.05, 0.1) is 19.6 Å². The van der Waals surface area contributed by atoms with Gasteiger partial charge in [-0.05, 0) is 62.2 Å². The summed E-state index contributed by atoms with van der Waals surface area (Å²) in [6, 6.07) is 11.1. The second-order valence-corrected chi connectivity index (χ2v) is 9.65. The number of ether oxygens (including phenoxy) is 3. The second-order valence-electron chi connectivity index (χ2n) is 9.65. The fourth-order valence-corrected chi connectivity index (χ4v) is 3.84. The summed E-state index contributed by atoms with van der Waals surface area (Å²) in [6.45, 7) is 8.94. The molecule has 0 radical (unpaired) electrons. The Morgan fingerprint density at radius 3 is 2.50 bits per heavy atom. The van der Waals surface area contributed by atoms with Crippen LogP contribution in [0.1, 0.15) is 20.8 Å². The van der Waals surface area contributed by atoms with E-state index < -0.39 is 5.41 Å². The van der Waals surface area contributed by atoms with Crippen LogP contribution in [-0.2, 0) is 21.1 Å². The fourth-order valence-electron chi connectivity index (χ4n) is 3.84. The van der Waals surface area contributed by atoms with Gasteiger partial charge in [-0.25, -0.2) is 9.97 Å². The predicted molar refractivity (Wildman–Crippen MR) is 146 cm³/mol. The normalized spacial score (nSPS) is 11.2. The van der Waals surface area contributed by atoms with Crippen molar-refractivity contribution in [2.45, 2.75) is 27.5 Å². The highest BCUT2D eigenvalue weighted by Crippen LogP contribution is 2.35. The quantitative estimate of drug-likeness (QED) is 0.246. The number of carbonyl (C=O) groups is 2. The molecule has 9 heteroatoms.